The predicted molar refractivity (Wildman–Crippen MR) is 94.3 cm³/mol. The first-order chi connectivity index (χ1) is 11.3. The summed E-state index contributed by atoms with van der Waals surface area (Å²) < 4.78 is 0. The van der Waals surface area contributed by atoms with Crippen molar-refractivity contribution < 1.29 is 0 Å². The van der Waals surface area contributed by atoms with E-state index in [1.165, 1.54) is 21.9 Å². The molecule has 0 fully saturated rings. The van der Waals surface area contributed by atoms with Crippen LogP contribution in [-0.2, 0) is 6.42 Å². The minimum Gasteiger partial charge on any atom is -0.352 e. The van der Waals surface area contributed by atoms with E-state index in [0.29, 0.717) is 0 Å². The monoisotopic (exact) mass is 297 g/mol. The summed E-state index contributed by atoms with van der Waals surface area (Å²) in [6.07, 6.45) is 5.24. The van der Waals surface area contributed by atoms with Crippen molar-refractivity contribution in [2.24, 2.45) is 0 Å². The SMILES string of the molecule is Cc1c(-c2nc3c4c(cccc4n2)CC=C3)[nH]c2ccccc12. The Balaban J connectivity index is 1.83. The highest BCUT2D eigenvalue weighted by molar-refractivity contribution is 5.94. The molecule has 0 spiro atoms. The molecule has 0 unspecified atom stereocenters. The zero-order valence-corrected chi connectivity index (χ0v) is 12.8. The summed E-state index contributed by atoms with van der Waals surface area (Å²) in [5.41, 5.74) is 6.67. The van der Waals surface area contributed by atoms with Gasteiger partial charge < -0.3 is 4.98 Å². The van der Waals surface area contributed by atoms with E-state index in [0.717, 1.165) is 34.7 Å². The number of fused-ring (bicyclic) bond motifs is 1. The van der Waals surface area contributed by atoms with Crippen LogP contribution in [0.2, 0.25) is 0 Å². The summed E-state index contributed by atoms with van der Waals surface area (Å²) in [6, 6.07) is 14.6. The Morgan fingerprint density at radius 1 is 1.00 bits per heavy atom. The highest BCUT2D eigenvalue weighted by Gasteiger charge is 2.16. The molecule has 3 nitrogen and oxygen atoms in total. The predicted octanol–water partition coefficient (Wildman–Crippen LogP) is 4.66. The number of benzene rings is 2. The van der Waals surface area contributed by atoms with Gasteiger partial charge in [-0.3, -0.25) is 0 Å². The van der Waals surface area contributed by atoms with Crippen molar-refractivity contribution in [2.45, 2.75) is 13.3 Å². The first kappa shape index (κ1) is 12.6. The smallest absolute Gasteiger partial charge is 0.177 e. The highest BCUT2D eigenvalue weighted by atomic mass is 14.9. The number of nitrogens with zero attached hydrogens (tertiary/aromatic N) is 2. The fraction of sp³-hybridized carbons (Fsp3) is 0.100. The van der Waals surface area contributed by atoms with Crippen LogP contribution in [0.25, 0.3) is 39.4 Å². The van der Waals surface area contributed by atoms with Crippen molar-refractivity contribution in [3.63, 3.8) is 0 Å². The number of aryl methyl sites for hydroxylation is 1. The lowest BCUT2D eigenvalue weighted by atomic mass is 9.99. The van der Waals surface area contributed by atoms with Gasteiger partial charge >= 0.3 is 0 Å². The molecule has 23 heavy (non-hydrogen) atoms. The lowest BCUT2D eigenvalue weighted by Gasteiger charge is -2.12. The number of aromatic nitrogens is 3. The summed E-state index contributed by atoms with van der Waals surface area (Å²) in [5.74, 6) is 0.768. The summed E-state index contributed by atoms with van der Waals surface area (Å²) in [6.45, 7) is 2.12. The Labute approximate surface area is 133 Å². The van der Waals surface area contributed by atoms with Gasteiger partial charge in [-0.1, -0.05) is 36.4 Å². The Hall–Kier alpha value is -2.94. The third kappa shape index (κ3) is 1.77. The summed E-state index contributed by atoms with van der Waals surface area (Å²) in [7, 11) is 0. The molecule has 1 aliphatic carbocycles. The molecule has 2 heterocycles. The maximum atomic E-state index is 4.83. The van der Waals surface area contributed by atoms with Gasteiger partial charge in [0.05, 0.1) is 16.9 Å². The average molecular weight is 297 g/mol. The van der Waals surface area contributed by atoms with Crippen LogP contribution in [0.15, 0.2) is 48.5 Å². The molecule has 2 aromatic heterocycles. The zero-order valence-electron chi connectivity index (χ0n) is 12.8. The van der Waals surface area contributed by atoms with Crippen molar-refractivity contribution >= 4 is 27.9 Å². The molecular formula is C20H15N3. The minimum absolute atomic E-state index is 0.768. The number of hydrogen-bond acceptors (Lipinski definition) is 2. The van der Waals surface area contributed by atoms with Gasteiger partial charge in [0.1, 0.15) is 0 Å². The molecule has 0 bridgehead atoms. The standard InChI is InChI=1S/C20H15N3/c1-12-14-8-2-3-9-15(14)21-19(12)20-22-16-10-4-6-13-7-5-11-17(23-20)18(13)16/h2-6,8-11,21H,7H2,1H3. The van der Waals surface area contributed by atoms with Gasteiger partial charge in [0.15, 0.2) is 5.82 Å². The van der Waals surface area contributed by atoms with Gasteiger partial charge in [-0.25, -0.2) is 9.97 Å². The maximum Gasteiger partial charge on any atom is 0.177 e. The number of nitrogens with one attached hydrogen (secondary N) is 1. The largest absolute Gasteiger partial charge is 0.352 e. The Kier molecular flexibility index (Phi) is 2.48. The first-order valence-corrected chi connectivity index (χ1v) is 7.85. The molecule has 0 amide bonds. The third-order valence-electron chi connectivity index (χ3n) is 4.64. The van der Waals surface area contributed by atoms with Crippen LogP contribution >= 0.6 is 0 Å². The highest BCUT2D eigenvalue weighted by Crippen LogP contribution is 2.31. The van der Waals surface area contributed by atoms with Crippen molar-refractivity contribution in [3.8, 4) is 11.5 Å². The van der Waals surface area contributed by atoms with Crippen LogP contribution in [0.5, 0.6) is 0 Å². The topological polar surface area (TPSA) is 41.6 Å². The summed E-state index contributed by atoms with van der Waals surface area (Å²) >= 11 is 0. The molecule has 5 rings (SSSR count). The van der Waals surface area contributed by atoms with Crippen LogP contribution in [0, 0.1) is 6.92 Å². The number of rotatable bonds is 1. The minimum atomic E-state index is 0.768. The van der Waals surface area contributed by atoms with Crippen molar-refractivity contribution in [2.75, 3.05) is 0 Å². The van der Waals surface area contributed by atoms with Gasteiger partial charge in [0.2, 0.25) is 0 Å². The normalized spacial score (nSPS) is 13.1. The number of hydrogen-bond donors (Lipinski definition) is 1. The Bertz CT molecular complexity index is 1100. The van der Waals surface area contributed by atoms with Gasteiger partial charge in [-0.05, 0) is 42.7 Å². The fourth-order valence-corrected chi connectivity index (χ4v) is 3.49. The molecule has 1 aliphatic rings. The second kappa shape index (κ2) is 4.53. The molecule has 0 aliphatic heterocycles. The molecule has 2 aromatic carbocycles. The average Bonchev–Trinajstić information content (AvgIpc) is 2.93. The molecule has 0 atom stereocenters. The number of allylic oxidation sites excluding steroid dienone is 1. The van der Waals surface area contributed by atoms with E-state index in [4.69, 9.17) is 9.97 Å². The third-order valence-corrected chi connectivity index (χ3v) is 4.64. The van der Waals surface area contributed by atoms with E-state index in [1.807, 2.05) is 6.07 Å². The van der Waals surface area contributed by atoms with E-state index < -0.39 is 0 Å². The zero-order chi connectivity index (χ0) is 15.4. The van der Waals surface area contributed by atoms with Gasteiger partial charge in [-0.15, -0.1) is 0 Å². The van der Waals surface area contributed by atoms with Gasteiger partial charge in [-0.2, -0.15) is 0 Å². The Morgan fingerprint density at radius 3 is 2.83 bits per heavy atom. The fourth-order valence-electron chi connectivity index (χ4n) is 3.49. The molecule has 0 saturated carbocycles. The number of H-pyrrole nitrogens is 1. The van der Waals surface area contributed by atoms with E-state index in [2.05, 4.69) is 60.5 Å². The Morgan fingerprint density at radius 2 is 1.91 bits per heavy atom. The molecule has 3 heteroatoms. The van der Waals surface area contributed by atoms with Crippen LogP contribution < -0.4 is 0 Å². The molecule has 1 N–H and O–H groups in total. The molecular weight excluding hydrogens is 282 g/mol. The van der Waals surface area contributed by atoms with Gasteiger partial charge in [0.25, 0.3) is 0 Å². The van der Waals surface area contributed by atoms with Crippen molar-refractivity contribution in [1.82, 2.24) is 15.0 Å². The lowest BCUT2D eigenvalue weighted by Crippen LogP contribution is -2.00. The molecule has 4 aromatic rings. The van der Waals surface area contributed by atoms with E-state index in [-0.39, 0.29) is 0 Å². The summed E-state index contributed by atoms with van der Waals surface area (Å²) in [5, 5.41) is 2.41. The quantitative estimate of drug-likeness (QED) is 0.555. The molecule has 0 saturated heterocycles. The summed E-state index contributed by atoms with van der Waals surface area (Å²) in [4.78, 5) is 13.1. The second-order valence-corrected chi connectivity index (χ2v) is 6.02. The van der Waals surface area contributed by atoms with Gasteiger partial charge in [0, 0.05) is 16.3 Å². The first-order valence-electron chi connectivity index (χ1n) is 7.85. The lowest BCUT2D eigenvalue weighted by molar-refractivity contribution is 1.15. The van der Waals surface area contributed by atoms with Crippen molar-refractivity contribution in [1.29, 1.82) is 0 Å². The van der Waals surface area contributed by atoms with Crippen LogP contribution in [0.1, 0.15) is 16.8 Å². The second-order valence-electron chi connectivity index (χ2n) is 6.02. The van der Waals surface area contributed by atoms with E-state index >= 15 is 0 Å². The molecule has 110 valence electrons. The molecule has 0 radical (unpaired) electrons. The number of aromatic amines is 1. The van der Waals surface area contributed by atoms with Crippen LogP contribution in [-0.4, -0.2) is 15.0 Å². The maximum absolute atomic E-state index is 4.83. The van der Waals surface area contributed by atoms with Crippen LogP contribution in [0.4, 0.5) is 0 Å². The van der Waals surface area contributed by atoms with Crippen molar-refractivity contribution in [3.05, 3.63) is 65.4 Å². The number of para-hydroxylation sites is 1. The van der Waals surface area contributed by atoms with Crippen LogP contribution in [0.3, 0.4) is 0 Å². The van der Waals surface area contributed by atoms with E-state index in [9.17, 15) is 0 Å². The van der Waals surface area contributed by atoms with E-state index in [1.54, 1.807) is 0 Å².